The van der Waals surface area contributed by atoms with E-state index in [-0.39, 0.29) is 21.7 Å². The lowest BCUT2D eigenvalue weighted by atomic mass is 9.88. The second kappa shape index (κ2) is 6.45. The summed E-state index contributed by atoms with van der Waals surface area (Å²) >= 11 is 12.4. The summed E-state index contributed by atoms with van der Waals surface area (Å²) in [6.45, 7) is 2.98. The average Bonchev–Trinajstić information content (AvgIpc) is 2.76. The summed E-state index contributed by atoms with van der Waals surface area (Å²) in [6.07, 6.45) is 0. The second-order valence-corrected chi connectivity index (χ2v) is 7.84. The molecule has 1 aliphatic heterocycles. The van der Waals surface area contributed by atoms with E-state index >= 15 is 0 Å². The smallest absolute Gasteiger partial charge is 0.267 e. The number of hydrogen-bond acceptors (Lipinski definition) is 6. The number of nitrogens with zero attached hydrogens (tertiary/aromatic N) is 2. The topological polar surface area (TPSA) is 102 Å². The molecule has 0 bridgehead atoms. The Bertz CT molecular complexity index is 718. The van der Waals surface area contributed by atoms with Crippen molar-refractivity contribution in [3.63, 3.8) is 0 Å². The lowest BCUT2D eigenvalue weighted by molar-refractivity contribution is 0.236. The standard InChI is InChI=1S/C13H17Cl2N3O4S/c1-8(2)12-13(6-19,7-23(20,21)22)18(17-16-12)11-9(14)4-3-5-10(11)15/h3-5,8,17,19H,6-7H2,1-2H3,(H,20,21,22)/t13-/m0/s1. The number of nitrogens with one attached hydrogen (secondary N) is 1. The Balaban J connectivity index is 2.64. The minimum atomic E-state index is -4.42. The Hall–Kier alpha value is -1.06. The summed E-state index contributed by atoms with van der Waals surface area (Å²) in [5, 5.41) is 15.9. The van der Waals surface area contributed by atoms with Crippen LogP contribution in [0.25, 0.3) is 0 Å². The molecule has 2 rings (SSSR count). The molecular weight excluding hydrogens is 365 g/mol. The number of hydrogen-bond donors (Lipinski definition) is 3. The van der Waals surface area contributed by atoms with Gasteiger partial charge in [-0.1, -0.05) is 43.1 Å². The van der Waals surface area contributed by atoms with Gasteiger partial charge in [0.2, 0.25) is 0 Å². The van der Waals surface area contributed by atoms with E-state index in [1.165, 1.54) is 5.01 Å². The summed E-state index contributed by atoms with van der Waals surface area (Å²) in [7, 11) is -4.42. The maximum atomic E-state index is 11.5. The average molecular weight is 382 g/mol. The molecular formula is C13H17Cl2N3O4S. The van der Waals surface area contributed by atoms with Gasteiger partial charge in [0.05, 0.1) is 28.1 Å². The first-order valence-electron chi connectivity index (χ1n) is 6.76. The van der Waals surface area contributed by atoms with Gasteiger partial charge in [-0.05, 0) is 18.1 Å². The number of hydrazine groups is 1. The van der Waals surface area contributed by atoms with Crippen LogP contribution in [0.5, 0.6) is 0 Å². The number of benzene rings is 1. The predicted octanol–water partition coefficient (Wildman–Crippen LogP) is 1.95. The van der Waals surface area contributed by atoms with Crippen molar-refractivity contribution in [1.29, 1.82) is 0 Å². The second-order valence-electron chi connectivity index (χ2n) is 5.57. The van der Waals surface area contributed by atoms with Gasteiger partial charge in [-0.15, -0.1) is 0 Å². The van der Waals surface area contributed by atoms with Crippen LogP contribution in [0, 0.1) is 5.92 Å². The van der Waals surface area contributed by atoms with Crippen molar-refractivity contribution in [2.45, 2.75) is 19.4 Å². The molecule has 1 aliphatic rings. The molecule has 23 heavy (non-hydrogen) atoms. The van der Waals surface area contributed by atoms with Crippen LogP contribution in [-0.4, -0.2) is 41.7 Å². The van der Waals surface area contributed by atoms with Crippen molar-refractivity contribution < 1.29 is 18.1 Å². The normalized spacial score (nSPS) is 21.5. The van der Waals surface area contributed by atoms with E-state index in [0.717, 1.165) is 0 Å². The molecule has 7 nitrogen and oxygen atoms in total. The molecule has 3 N–H and O–H groups in total. The van der Waals surface area contributed by atoms with Gasteiger partial charge in [-0.3, -0.25) is 9.56 Å². The number of aliphatic hydroxyl groups excluding tert-OH is 1. The van der Waals surface area contributed by atoms with E-state index in [9.17, 15) is 18.1 Å². The van der Waals surface area contributed by atoms with Crippen LogP contribution >= 0.6 is 23.2 Å². The third-order valence-corrected chi connectivity index (χ3v) is 5.02. The summed E-state index contributed by atoms with van der Waals surface area (Å²) in [5.41, 5.74) is 1.79. The van der Waals surface area contributed by atoms with Gasteiger partial charge in [0.25, 0.3) is 10.1 Å². The Morgan fingerprint density at radius 3 is 2.35 bits per heavy atom. The Labute approximate surface area is 144 Å². The largest absolute Gasteiger partial charge is 0.393 e. The van der Waals surface area contributed by atoms with Crippen LogP contribution in [0.1, 0.15) is 13.8 Å². The van der Waals surface area contributed by atoms with Gasteiger partial charge in [0.1, 0.15) is 11.3 Å². The van der Waals surface area contributed by atoms with E-state index < -0.39 is 28.0 Å². The van der Waals surface area contributed by atoms with Crippen molar-refractivity contribution >= 4 is 44.7 Å². The highest BCUT2D eigenvalue weighted by molar-refractivity contribution is 7.85. The van der Waals surface area contributed by atoms with Gasteiger partial charge in [0.15, 0.2) is 0 Å². The van der Waals surface area contributed by atoms with Gasteiger partial charge in [-0.25, -0.2) is 5.53 Å². The SMILES string of the molecule is CC(C)C1=NNN(c2c(Cl)cccc2Cl)[C@@]1(CO)CS(=O)(=O)O. The number of para-hydroxylation sites is 1. The lowest BCUT2D eigenvalue weighted by Gasteiger charge is -2.38. The van der Waals surface area contributed by atoms with Crippen LogP contribution in [0.3, 0.4) is 0 Å². The molecule has 0 aliphatic carbocycles. The summed E-state index contributed by atoms with van der Waals surface area (Å²) < 4.78 is 32.4. The van der Waals surface area contributed by atoms with Gasteiger partial charge < -0.3 is 5.11 Å². The molecule has 0 spiro atoms. The molecule has 128 valence electrons. The number of aliphatic hydroxyl groups is 1. The molecule has 0 radical (unpaired) electrons. The van der Waals surface area contributed by atoms with Crippen LogP contribution in [0.15, 0.2) is 23.3 Å². The van der Waals surface area contributed by atoms with E-state index in [0.29, 0.717) is 5.71 Å². The first-order valence-corrected chi connectivity index (χ1v) is 9.13. The molecule has 1 aromatic carbocycles. The molecule has 0 saturated heterocycles. The molecule has 0 unspecified atom stereocenters. The molecule has 0 amide bonds. The fourth-order valence-electron chi connectivity index (χ4n) is 2.69. The fourth-order valence-corrected chi connectivity index (χ4v) is 4.23. The summed E-state index contributed by atoms with van der Waals surface area (Å²) in [4.78, 5) is 0. The van der Waals surface area contributed by atoms with E-state index in [2.05, 4.69) is 10.6 Å². The fraction of sp³-hybridized carbons (Fsp3) is 0.462. The highest BCUT2D eigenvalue weighted by atomic mass is 35.5. The van der Waals surface area contributed by atoms with Crippen molar-refractivity contribution in [3.05, 3.63) is 28.2 Å². The number of hydrazone groups is 1. The van der Waals surface area contributed by atoms with Gasteiger partial charge >= 0.3 is 0 Å². The number of anilines is 1. The Morgan fingerprint density at radius 2 is 1.91 bits per heavy atom. The van der Waals surface area contributed by atoms with Crippen molar-refractivity contribution in [3.8, 4) is 0 Å². The Morgan fingerprint density at radius 1 is 1.35 bits per heavy atom. The minimum absolute atomic E-state index is 0.192. The highest BCUT2D eigenvalue weighted by Crippen LogP contribution is 2.39. The Kier molecular flexibility index (Phi) is 5.12. The summed E-state index contributed by atoms with van der Waals surface area (Å²) in [6, 6.07) is 4.79. The first-order chi connectivity index (χ1) is 10.6. The zero-order valence-corrected chi connectivity index (χ0v) is 14.8. The molecule has 10 heteroatoms. The van der Waals surface area contributed by atoms with E-state index in [4.69, 9.17) is 23.2 Å². The van der Waals surface area contributed by atoms with Crippen molar-refractivity contribution in [2.75, 3.05) is 17.4 Å². The predicted molar refractivity (Wildman–Crippen MR) is 90.6 cm³/mol. The lowest BCUT2D eigenvalue weighted by Crippen LogP contribution is -2.61. The monoisotopic (exact) mass is 381 g/mol. The van der Waals surface area contributed by atoms with Gasteiger partial charge in [0, 0.05) is 0 Å². The quantitative estimate of drug-likeness (QED) is 0.673. The number of halogens is 2. The van der Waals surface area contributed by atoms with E-state index in [1.807, 2.05) is 0 Å². The molecule has 0 saturated carbocycles. The molecule has 1 atom stereocenters. The third-order valence-electron chi connectivity index (χ3n) is 3.57. The molecule has 0 aromatic heterocycles. The molecule has 0 fully saturated rings. The van der Waals surface area contributed by atoms with Crippen LogP contribution in [0.4, 0.5) is 5.69 Å². The summed E-state index contributed by atoms with van der Waals surface area (Å²) in [5.74, 6) is -0.954. The highest BCUT2D eigenvalue weighted by Gasteiger charge is 2.51. The molecule has 1 heterocycles. The maximum absolute atomic E-state index is 11.5. The van der Waals surface area contributed by atoms with Crippen LogP contribution in [-0.2, 0) is 10.1 Å². The molecule has 1 aromatic rings. The third kappa shape index (κ3) is 3.41. The maximum Gasteiger partial charge on any atom is 0.267 e. The minimum Gasteiger partial charge on any atom is -0.393 e. The van der Waals surface area contributed by atoms with Crippen LogP contribution < -0.4 is 10.5 Å². The van der Waals surface area contributed by atoms with Crippen molar-refractivity contribution in [2.24, 2.45) is 11.0 Å². The van der Waals surface area contributed by atoms with Crippen LogP contribution in [0.2, 0.25) is 10.0 Å². The zero-order chi connectivity index (χ0) is 17.4. The van der Waals surface area contributed by atoms with Crippen molar-refractivity contribution in [1.82, 2.24) is 5.53 Å². The van der Waals surface area contributed by atoms with Gasteiger partial charge in [-0.2, -0.15) is 13.5 Å². The van der Waals surface area contributed by atoms with E-state index in [1.54, 1.807) is 32.0 Å². The zero-order valence-electron chi connectivity index (χ0n) is 12.5. The number of rotatable bonds is 5. The first kappa shape index (κ1) is 18.3.